The number of carbonyl (C=O) groups is 1. The SMILES string of the molecule is CN(C)C(=O)c1cc2n(n1)CCCN(c1nc(OC[C@@]34CCCN3C[C@H](F)C4)nc3c1CO[C@@]1(CCCc4c(Cl)cc(N)cc41)C3)C2. The van der Waals surface area contributed by atoms with Crippen LogP contribution in [-0.2, 0) is 42.9 Å². The largest absolute Gasteiger partial charge is 0.461 e. The molecule has 2 saturated heterocycles. The third-order valence-electron chi connectivity index (χ3n) is 10.9. The molecule has 4 aliphatic heterocycles. The van der Waals surface area contributed by atoms with Crippen molar-refractivity contribution in [2.75, 3.05) is 51.0 Å². The van der Waals surface area contributed by atoms with Crippen LogP contribution in [0.3, 0.4) is 0 Å². The van der Waals surface area contributed by atoms with Gasteiger partial charge in [0, 0.05) is 62.8 Å². The second-order valence-electron chi connectivity index (χ2n) is 14.2. The lowest BCUT2D eigenvalue weighted by molar-refractivity contribution is -0.0855. The molecule has 3 atom stereocenters. The number of carbonyl (C=O) groups excluding carboxylic acids is 1. The zero-order chi connectivity index (χ0) is 32.5. The Bertz CT molecular complexity index is 1730. The van der Waals surface area contributed by atoms with Crippen molar-refractivity contribution in [1.82, 2.24) is 29.5 Å². The average molecular weight is 665 g/mol. The van der Waals surface area contributed by atoms with E-state index in [1.807, 2.05) is 22.9 Å². The van der Waals surface area contributed by atoms with Crippen LogP contribution in [0.4, 0.5) is 15.9 Å². The smallest absolute Gasteiger partial charge is 0.318 e. The fourth-order valence-electron chi connectivity index (χ4n) is 8.61. The Kier molecular flexibility index (Phi) is 7.60. The number of aryl methyl sites for hydroxylation is 1. The lowest BCUT2D eigenvalue weighted by Crippen LogP contribution is -2.44. The highest BCUT2D eigenvalue weighted by atomic mass is 35.5. The quantitative estimate of drug-likeness (QED) is 0.399. The topological polar surface area (TPSA) is 115 Å². The molecule has 1 aromatic carbocycles. The van der Waals surface area contributed by atoms with Crippen molar-refractivity contribution in [3.8, 4) is 6.01 Å². The molecular weight excluding hydrogens is 623 g/mol. The lowest BCUT2D eigenvalue weighted by Gasteiger charge is -2.43. The van der Waals surface area contributed by atoms with E-state index in [4.69, 9.17) is 36.8 Å². The molecule has 13 heteroatoms. The van der Waals surface area contributed by atoms with Gasteiger partial charge in [-0.15, -0.1) is 0 Å². The summed E-state index contributed by atoms with van der Waals surface area (Å²) >= 11 is 6.71. The molecule has 3 aromatic rings. The number of hydrogen-bond donors (Lipinski definition) is 1. The van der Waals surface area contributed by atoms with Crippen molar-refractivity contribution in [2.24, 2.45) is 0 Å². The highest BCUT2D eigenvalue weighted by molar-refractivity contribution is 6.31. The first-order valence-corrected chi connectivity index (χ1v) is 17.2. The first kappa shape index (κ1) is 30.8. The van der Waals surface area contributed by atoms with E-state index >= 15 is 0 Å². The molecule has 0 radical (unpaired) electrons. The van der Waals surface area contributed by atoms with E-state index in [9.17, 15) is 9.18 Å². The highest BCUT2D eigenvalue weighted by Crippen LogP contribution is 2.48. The lowest BCUT2D eigenvalue weighted by atomic mass is 9.74. The van der Waals surface area contributed by atoms with E-state index in [-0.39, 0.29) is 11.4 Å². The van der Waals surface area contributed by atoms with Gasteiger partial charge in [-0.2, -0.15) is 15.1 Å². The van der Waals surface area contributed by atoms with Crippen LogP contribution in [0.25, 0.3) is 0 Å². The first-order valence-electron chi connectivity index (χ1n) is 16.8. The van der Waals surface area contributed by atoms with Crippen LogP contribution in [0.1, 0.15) is 77.1 Å². The molecule has 6 heterocycles. The van der Waals surface area contributed by atoms with Gasteiger partial charge in [-0.3, -0.25) is 14.4 Å². The first-order chi connectivity index (χ1) is 22.6. The predicted molar refractivity (Wildman–Crippen MR) is 175 cm³/mol. The number of benzene rings is 1. The van der Waals surface area contributed by atoms with Crippen molar-refractivity contribution >= 4 is 29.0 Å². The van der Waals surface area contributed by atoms with Crippen LogP contribution in [-0.4, -0.2) is 87.5 Å². The summed E-state index contributed by atoms with van der Waals surface area (Å²) in [6.45, 7) is 4.01. The summed E-state index contributed by atoms with van der Waals surface area (Å²) in [5.41, 5.74) is 11.3. The number of halogens is 2. The number of nitrogens with two attached hydrogens (primary N) is 1. The molecule has 1 spiro atoms. The molecule has 250 valence electrons. The predicted octanol–water partition coefficient (Wildman–Crippen LogP) is 4.28. The fourth-order valence-corrected chi connectivity index (χ4v) is 8.93. The third-order valence-corrected chi connectivity index (χ3v) is 11.2. The molecule has 1 aliphatic carbocycles. The maximum atomic E-state index is 14.6. The summed E-state index contributed by atoms with van der Waals surface area (Å²) in [4.78, 5) is 28.9. The van der Waals surface area contributed by atoms with Crippen molar-refractivity contribution in [3.05, 3.63) is 57.0 Å². The Morgan fingerprint density at radius 1 is 1.15 bits per heavy atom. The Hall–Kier alpha value is -3.48. The number of amides is 1. The monoisotopic (exact) mass is 664 g/mol. The summed E-state index contributed by atoms with van der Waals surface area (Å²) in [5, 5.41) is 5.31. The fraction of sp³-hybridized carbons (Fsp3) is 0.588. The minimum atomic E-state index is -0.840. The van der Waals surface area contributed by atoms with E-state index in [1.54, 1.807) is 19.0 Å². The number of rotatable bonds is 5. The normalized spacial score (nSPS) is 26.8. The Labute approximate surface area is 279 Å². The minimum absolute atomic E-state index is 0.123. The molecule has 2 fully saturated rings. The van der Waals surface area contributed by atoms with Gasteiger partial charge in [-0.1, -0.05) is 11.6 Å². The maximum Gasteiger partial charge on any atom is 0.318 e. The molecular formula is C34H42ClFN8O3. The van der Waals surface area contributed by atoms with Crippen LogP contribution < -0.4 is 15.4 Å². The van der Waals surface area contributed by atoms with E-state index in [0.29, 0.717) is 68.1 Å². The molecule has 0 bridgehead atoms. The van der Waals surface area contributed by atoms with Crippen molar-refractivity contribution in [2.45, 2.75) is 88.4 Å². The summed E-state index contributed by atoms with van der Waals surface area (Å²) in [6.07, 6.45) is 5.60. The Morgan fingerprint density at radius 3 is 2.87 bits per heavy atom. The van der Waals surface area contributed by atoms with Gasteiger partial charge in [0.15, 0.2) is 5.69 Å². The van der Waals surface area contributed by atoms with E-state index in [2.05, 4.69) is 14.9 Å². The summed E-state index contributed by atoms with van der Waals surface area (Å²) in [7, 11) is 3.47. The number of ether oxygens (including phenoxy) is 2. The molecule has 1 amide bonds. The van der Waals surface area contributed by atoms with Gasteiger partial charge >= 0.3 is 6.01 Å². The molecule has 0 saturated carbocycles. The molecule has 11 nitrogen and oxygen atoms in total. The summed E-state index contributed by atoms with van der Waals surface area (Å²) < 4.78 is 29.8. The van der Waals surface area contributed by atoms with Crippen molar-refractivity contribution < 1.29 is 18.7 Å². The maximum absolute atomic E-state index is 14.6. The number of alkyl halides is 1. The summed E-state index contributed by atoms with van der Waals surface area (Å²) in [5.74, 6) is 0.648. The number of hydrogen-bond acceptors (Lipinski definition) is 9. The molecule has 2 aromatic heterocycles. The second-order valence-corrected chi connectivity index (χ2v) is 14.6. The molecule has 47 heavy (non-hydrogen) atoms. The second kappa shape index (κ2) is 11.6. The van der Waals surface area contributed by atoms with Crippen LogP contribution in [0.15, 0.2) is 18.2 Å². The van der Waals surface area contributed by atoms with Crippen LogP contribution in [0.5, 0.6) is 6.01 Å². The molecule has 5 aliphatic rings. The van der Waals surface area contributed by atoms with Gasteiger partial charge in [-0.25, -0.2) is 4.39 Å². The van der Waals surface area contributed by atoms with Gasteiger partial charge in [0.05, 0.1) is 35.7 Å². The molecule has 8 rings (SSSR count). The van der Waals surface area contributed by atoms with Gasteiger partial charge in [-0.05, 0) is 74.4 Å². The van der Waals surface area contributed by atoms with E-state index < -0.39 is 11.8 Å². The zero-order valence-corrected chi connectivity index (χ0v) is 27.9. The number of fused-ring (bicyclic) bond motifs is 5. The van der Waals surface area contributed by atoms with Crippen LogP contribution in [0, 0.1) is 0 Å². The number of anilines is 2. The van der Waals surface area contributed by atoms with E-state index in [1.165, 1.54) is 0 Å². The zero-order valence-electron chi connectivity index (χ0n) is 27.1. The highest BCUT2D eigenvalue weighted by Gasteiger charge is 2.50. The molecule has 0 unspecified atom stereocenters. The van der Waals surface area contributed by atoms with Crippen LogP contribution >= 0.6 is 11.6 Å². The van der Waals surface area contributed by atoms with E-state index in [0.717, 1.165) is 85.5 Å². The minimum Gasteiger partial charge on any atom is -0.461 e. The van der Waals surface area contributed by atoms with Gasteiger partial charge in [0.1, 0.15) is 18.6 Å². The van der Waals surface area contributed by atoms with Gasteiger partial charge in [0.25, 0.3) is 5.91 Å². The van der Waals surface area contributed by atoms with Crippen LogP contribution in [0.2, 0.25) is 5.02 Å². The van der Waals surface area contributed by atoms with Crippen molar-refractivity contribution in [3.63, 3.8) is 0 Å². The molecule has 2 N–H and O–H groups in total. The third kappa shape index (κ3) is 5.32. The van der Waals surface area contributed by atoms with Gasteiger partial charge in [0.2, 0.25) is 0 Å². The number of aromatic nitrogens is 4. The number of nitrogens with zero attached hydrogens (tertiary/aromatic N) is 7. The van der Waals surface area contributed by atoms with Crippen molar-refractivity contribution in [1.29, 1.82) is 0 Å². The summed E-state index contributed by atoms with van der Waals surface area (Å²) in [6, 6.07) is 6.02. The standard InChI is InChI=1S/C34H42ClFN8O3/c1-41(2)31(45)28-14-23-18-42(9-5-11-44(23)40-28)30-25-19-47-34(8-3-6-24-26(34)12-22(37)13-27(24)35)16-29(25)38-32(39-30)46-20-33-7-4-10-43(33)17-21(36)15-33/h12-14,21H,3-11,15-20,37H2,1-2H3/t21-,33+,34+/m1/s1. The van der Waals surface area contributed by atoms with Gasteiger partial charge < -0.3 is 25.0 Å². The average Bonchev–Trinajstić information content (AvgIpc) is 3.66. The number of nitrogen functional groups attached to an aromatic ring is 1. The Balaban J connectivity index is 1.17. The Morgan fingerprint density at radius 2 is 2.02 bits per heavy atom.